The maximum Gasteiger partial charge on any atom is 0.407 e. The minimum Gasteiger partial charge on any atom is -0.465 e. The van der Waals surface area contributed by atoms with E-state index in [2.05, 4.69) is 15.5 Å². The average molecular weight is 610 g/mol. The summed E-state index contributed by atoms with van der Waals surface area (Å²) >= 11 is 0. The van der Waals surface area contributed by atoms with Crippen molar-refractivity contribution in [2.75, 3.05) is 19.7 Å². The SMILES string of the molecule is CCC(=O)O[C@@H]1[C@@H](n2cc(-c3cc(F)c(F)c(F)c3)nn2)[C@@H](O)[C@@H](CO)O[C@@H]1Cc1cc(C2CCN(C(=O)O)CC2)on1. The number of halogens is 3. The highest BCUT2D eigenvalue weighted by molar-refractivity contribution is 5.69. The molecule has 3 N–H and O–H groups in total. The van der Waals surface area contributed by atoms with Gasteiger partial charge in [0.2, 0.25) is 0 Å². The molecule has 13 nitrogen and oxygen atoms in total. The molecular formula is C27H30F3N5O8. The van der Waals surface area contributed by atoms with E-state index in [1.54, 1.807) is 13.0 Å². The third-order valence-electron chi connectivity index (χ3n) is 7.77. The second-order valence-corrected chi connectivity index (χ2v) is 10.5. The van der Waals surface area contributed by atoms with Gasteiger partial charge < -0.3 is 34.2 Å². The molecule has 0 aliphatic carbocycles. The molecule has 1 aromatic carbocycles. The monoisotopic (exact) mass is 609 g/mol. The lowest BCUT2D eigenvalue weighted by Crippen LogP contribution is -2.57. The molecule has 4 heterocycles. The van der Waals surface area contributed by atoms with Crippen LogP contribution in [0.15, 0.2) is 28.9 Å². The van der Waals surface area contributed by atoms with Gasteiger partial charge in [0, 0.05) is 43.5 Å². The molecular weight excluding hydrogens is 579 g/mol. The molecule has 3 aromatic rings. The normalized spacial score (nSPS) is 24.7. The first-order valence-electron chi connectivity index (χ1n) is 13.7. The zero-order valence-electron chi connectivity index (χ0n) is 23.0. The summed E-state index contributed by atoms with van der Waals surface area (Å²) in [4.78, 5) is 25.0. The summed E-state index contributed by atoms with van der Waals surface area (Å²) in [5.74, 6) is -4.60. The van der Waals surface area contributed by atoms with Crippen LogP contribution in [0.3, 0.4) is 0 Å². The van der Waals surface area contributed by atoms with Gasteiger partial charge in [-0.15, -0.1) is 5.10 Å². The number of piperidine rings is 1. The quantitative estimate of drug-likeness (QED) is 0.253. The van der Waals surface area contributed by atoms with Crippen molar-refractivity contribution in [3.8, 4) is 11.3 Å². The second kappa shape index (κ2) is 12.7. The molecule has 2 saturated heterocycles. The summed E-state index contributed by atoms with van der Waals surface area (Å²) < 4.78 is 59.6. The van der Waals surface area contributed by atoms with Gasteiger partial charge in [0.15, 0.2) is 23.6 Å². The van der Waals surface area contributed by atoms with Crippen LogP contribution in [-0.2, 0) is 20.7 Å². The number of benzene rings is 1. The van der Waals surface area contributed by atoms with Gasteiger partial charge in [0.05, 0.1) is 18.5 Å². The molecule has 43 heavy (non-hydrogen) atoms. The number of ether oxygens (including phenoxy) is 2. The smallest absolute Gasteiger partial charge is 0.407 e. The molecule has 1 amide bonds. The van der Waals surface area contributed by atoms with Crippen LogP contribution in [0.5, 0.6) is 0 Å². The number of carbonyl (C=O) groups excluding carboxylic acids is 1. The Morgan fingerprint density at radius 1 is 1.12 bits per heavy atom. The van der Waals surface area contributed by atoms with Gasteiger partial charge >= 0.3 is 12.1 Å². The topological polar surface area (TPSA) is 173 Å². The second-order valence-electron chi connectivity index (χ2n) is 10.5. The molecule has 2 fully saturated rings. The Morgan fingerprint density at radius 3 is 2.44 bits per heavy atom. The number of carbonyl (C=O) groups is 2. The largest absolute Gasteiger partial charge is 0.465 e. The lowest BCUT2D eigenvalue weighted by atomic mass is 9.89. The third kappa shape index (κ3) is 6.35. The van der Waals surface area contributed by atoms with Gasteiger partial charge in [-0.3, -0.25) is 4.79 Å². The minimum absolute atomic E-state index is 0.00461. The molecule has 2 aromatic heterocycles. The molecule has 0 saturated carbocycles. The van der Waals surface area contributed by atoms with E-state index in [-0.39, 0.29) is 30.0 Å². The number of esters is 1. The number of likely N-dealkylation sites (tertiary alicyclic amines) is 1. The van der Waals surface area contributed by atoms with E-state index in [9.17, 15) is 38.1 Å². The van der Waals surface area contributed by atoms with E-state index in [4.69, 9.17) is 14.0 Å². The molecule has 5 atom stereocenters. The number of carboxylic acid groups (broad SMARTS) is 1. The first-order chi connectivity index (χ1) is 20.6. The highest BCUT2D eigenvalue weighted by Gasteiger charge is 2.49. The van der Waals surface area contributed by atoms with Gasteiger partial charge in [-0.25, -0.2) is 22.6 Å². The maximum absolute atomic E-state index is 13.9. The maximum atomic E-state index is 13.9. The molecule has 0 spiro atoms. The van der Waals surface area contributed by atoms with Gasteiger partial charge in [0.1, 0.15) is 35.8 Å². The van der Waals surface area contributed by atoms with Crippen LogP contribution in [0.1, 0.15) is 49.6 Å². The Labute approximate surface area is 242 Å². The molecule has 16 heteroatoms. The predicted molar refractivity (Wildman–Crippen MR) is 138 cm³/mol. The van der Waals surface area contributed by atoms with Crippen molar-refractivity contribution < 1.29 is 52.1 Å². The number of nitrogens with zero attached hydrogens (tertiary/aromatic N) is 5. The van der Waals surface area contributed by atoms with Crippen LogP contribution in [0.4, 0.5) is 18.0 Å². The first kappa shape index (κ1) is 30.4. The van der Waals surface area contributed by atoms with Crippen molar-refractivity contribution in [2.24, 2.45) is 0 Å². The fourth-order valence-corrected chi connectivity index (χ4v) is 5.46. The van der Waals surface area contributed by atoms with Gasteiger partial charge in [-0.2, -0.15) is 0 Å². The molecule has 0 unspecified atom stereocenters. The lowest BCUT2D eigenvalue weighted by Gasteiger charge is -2.43. The zero-order valence-corrected chi connectivity index (χ0v) is 23.0. The zero-order chi connectivity index (χ0) is 30.8. The van der Waals surface area contributed by atoms with Crippen LogP contribution in [0.2, 0.25) is 0 Å². The summed E-state index contributed by atoms with van der Waals surface area (Å²) in [6.45, 7) is 1.68. The summed E-state index contributed by atoms with van der Waals surface area (Å²) in [6.07, 6.45) is -3.34. The van der Waals surface area contributed by atoms with Gasteiger partial charge in [-0.05, 0) is 25.0 Å². The Morgan fingerprint density at radius 2 is 1.81 bits per heavy atom. The fourth-order valence-electron chi connectivity index (χ4n) is 5.46. The number of hydrogen-bond acceptors (Lipinski definition) is 10. The Balaban J connectivity index is 1.42. The number of hydrogen-bond donors (Lipinski definition) is 3. The summed E-state index contributed by atoms with van der Waals surface area (Å²) in [7, 11) is 0. The van der Waals surface area contributed by atoms with Crippen LogP contribution in [-0.4, -0.2) is 96.5 Å². The number of amides is 1. The third-order valence-corrected chi connectivity index (χ3v) is 7.77. The highest BCUT2D eigenvalue weighted by atomic mass is 19.2. The number of rotatable bonds is 8. The predicted octanol–water partition coefficient (Wildman–Crippen LogP) is 2.43. The van der Waals surface area contributed by atoms with Gasteiger partial charge in [0.25, 0.3) is 0 Å². The standard InChI is InChI=1S/C27H30F3N5O8/c1-2-22(37)42-26-20(10-15-9-19(43-32-15)13-3-5-34(6-4-13)27(39)40)41-21(12-36)25(38)24(26)35-11-18(31-33-35)14-7-16(28)23(30)17(29)8-14/h7-9,11,13,20-21,24-26,36,38H,2-6,10,12H2,1H3,(H,39,40)/t20-,21-,24+,25+,26+/m1/s1. The van der Waals surface area contributed by atoms with E-state index >= 15 is 0 Å². The van der Waals surface area contributed by atoms with E-state index in [1.807, 2.05) is 0 Å². The number of aliphatic hydroxyl groups excluding tert-OH is 2. The fraction of sp³-hybridized carbons (Fsp3) is 0.519. The van der Waals surface area contributed by atoms with E-state index in [1.165, 1.54) is 11.1 Å². The minimum atomic E-state index is -1.64. The summed E-state index contributed by atoms with van der Waals surface area (Å²) in [5.41, 5.74) is 0.261. The Kier molecular flexibility index (Phi) is 8.98. The van der Waals surface area contributed by atoms with Crippen molar-refractivity contribution in [1.82, 2.24) is 25.1 Å². The number of aliphatic hydroxyl groups is 2. The van der Waals surface area contributed by atoms with E-state index in [0.29, 0.717) is 37.4 Å². The van der Waals surface area contributed by atoms with Crippen molar-refractivity contribution in [1.29, 1.82) is 0 Å². The van der Waals surface area contributed by atoms with Crippen LogP contribution < -0.4 is 0 Å². The summed E-state index contributed by atoms with van der Waals surface area (Å²) in [5, 5.41) is 42.3. The molecule has 5 rings (SSSR count). The Bertz CT molecular complexity index is 1440. The highest BCUT2D eigenvalue weighted by Crippen LogP contribution is 2.36. The van der Waals surface area contributed by atoms with Crippen molar-refractivity contribution in [3.05, 3.63) is 53.3 Å². The van der Waals surface area contributed by atoms with Crippen molar-refractivity contribution in [3.63, 3.8) is 0 Å². The molecule has 2 aliphatic rings. The molecule has 0 radical (unpaired) electrons. The molecule has 232 valence electrons. The summed E-state index contributed by atoms with van der Waals surface area (Å²) in [6, 6.07) is 2.04. The Hall–Kier alpha value is -4.02. The van der Waals surface area contributed by atoms with E-state index in [0.717, 1.165) is 16.8 Å². The van der Waals surface area contributed by atoms with E-state index < -0.39 is 66.6 Å². The van der Waals surface area contributed by atoms with Crippen LogP contribution >= 0.6 is 0 Å². The van der Waals surface area contributed by atoms with Crippen molar-refractivity contribution >= 4 is 12.1 Å². The molecule has 2 aliphatic heterocycles. The molecule has 0 bridgehead atoms. The van der Waals surface area contributed by atoms with Crippen LogP contribution in [0.25, 0.3) is 11.3 Å². The van der Waals surface area contributed by atoms with Gasteiger partial charge in [-0.1, -0.05) is 17.3 Å². The van der Waals surface area contributed by atoms with Crippen LogP contribution in [0, 0.1) is 17.5 Å². The number of aromatic nitrogens is 4. The first-order valence-corrected chi connectivity index (χ1v) is 13.7. The van der Waals surface area contributed by atoms with Crippen molar-refractivity contribution in [2.45, 2.75) is 69.0 Å². The lowest BCUT2D eigenvalue weighted by molar-refractivity contribution is -0.218. The average Bonchev–Trinajstić information content (AvgIpc) is 3.67.